The topological polar surface area (TPSA) is 56.1 Å². The minimum atomic E-state index is -0.0837. The van der Waals surface area contributed by atoms with Gasteiger partial charge in [0.25, 0.3) is 0 Å². The fourth-order valence-electron chi connectivity index (χ4n) is 4.15. The molecule has 0 aliphatic heterocycles. The van der Waals surface area contributed by atoms with Gasteiger partial charge in [0.05, 0.1) is 17.6 Å². The van der Waals surface area contributed by atoms with Crippen LogP contribution in [0.2, 0.25) is 0 Å². The van der Waals surface area contributed by atoms with Gasteiger partial charge in [-0.2, -0.15) is 0 Å². The van der Waals surface area contributed by atoms with Gasteiger partial charge in [-0.25, -0.2) is 4.98 Å². The number of aromatic nitrogens is 2. The molecule has 35 heavy (non-hydrogen) atoms. The highest BCUT2D eigenvalue weighted by Gasteiger charge is 2.12. The van der Waals surface area contributed by atoms with Gasteiger partial charge >= 0.3 is 0 Å². The van der Waals surface area contributed by atoms with Gasteiger partial charge in [-0.1, -0.05) is 74.5 Å². The molecule has 0 fully saturated rings. The van der Waals surface area contributed by atoms with Crippen molar-refractivity contribution in [3.8, 4) is 5.75 Å². The van der Waals surface area contributed by atoms with E-state index in [2.05, 4.69) is 41.9 Å². The smallest absolute Gasteiger partial charge is 0.243 e. The fourth-order valence-corrected chi connectivity index (χ4v) is 4.15. The van der Waals surface area contributed by atoms with E-state index in [0.29, 0.717) is 25.6 Å². The van der Waals surface area contributed by atoms with Crippen molar-refractivity contribution in [1.29, 1.82) is 0 Å². The predicted octanol–water partition coefficient (Wildman–Crippen LogP) is 6.00. The molecule has 0 aliphatic carbocycles. The maximum Gasteiger partial charge on any atom is 0.243 e. The lowest BCUT2D eigenvalue weighted by atomic mass is 10.0. The third-order valence-corrected chi connectivity index (χ3v) is 5.95. The van der Waals surface area contributed by atoms with Gasteiger partial charge in [0, 0.05) is 19.0 Å². The first-order valence-electron chi connectivity index (χ1n) is 12.3. The van der Waals surface area contributed by atoms with Gasteiger partial charge in [0.2, 0.25) is 5.91 Å². The Hall–Kier alpha value is -3.86. The number of fused-ring (bicyclic) bond motifs is 1. The van der Waals surface area contributed by atoms with E-state index in [-0.39, 0.29) is 5.91 Å². The second kappa shape index (κ2) is 12.0. The molecular weight excluding hydrogens is 434 g/mol. The summed E-state index contributed by atoms with van der Waals surface area (Å²) in [5, 5.41) is 2.97. The van der Waals surface area contributed by atoms with Crippen LogP contribution in [-0.4, -0.2) is 28.6 Å². The van der Waals surface area contributed by atoms with Crippen LogP contribution < -0.4 is 10.1 Å². The number of imidazole rings is 1. The molecule has 0 unspecified atom stereocenters. The average molecular weight is 468 g/mol. The number of para-hydroxylation sites is 3. The summed E-state index contributed by atoms with van der Waals surface area (Å²) in [6.45, 7) is 6.24. The maximum absolute atomic E-state index is 12.2. The van der Waals surface area contributed by atoms with Crippen LogP contribution in [0, 0.1) is 0 Å². The first kappa shape index (κ1) is 24.3. The molecule has 0 saturated heterocycles. The van der Waals surface area contributed by atoms with Gasteiger partial charge in [-0.3, -0.25) is 4.79 Å². The zero-order valence-corrected chi connectivity index (χ0v) is 20.5. The van der Waals surface area contributed by atoms with E-state index in [4.69, 9.17) is 9.72 Å². The Balaban J connectivity index is 1.34. The van der Waals surface area contributed by atoms with Gasteiger partial charge in [0.15, 0.2) is 0 Å². The van der Waals surface area contributed by atoms with Crippen LogP contribution in [0.25, 0.3) is 17.1 Å². The van der Waals surface area contributed by atoms with E-state index in [1.165, 1.54) is 5.56 Å². The molecule has 3 aromatic carbocycles. The summed E-state index contributed by atoms with van der Waals surface area (Å²) in [6.07, 6.45) is 4.99. The van der Waals surface area contributed by atoms with Crippen LogP contribution in [0.4, 0.5) is 0 Å². The minimum absolute atomic E-state index is 0.0837. The number of hydrogen-bond donors (Lipinski definition) is 1. The standard InChI is InChI=1S/C30H33N3O2/c1-23(2)25-13-6-9-16-28(25)35-22-21-33-27-15-8-7-14-26(27)32-29(33)17-10-20-31-30(34)19-18-24-11-4-3-5-12-24/h3-9,11-16,18-19,23H,10,17,20-22H2,1-2H3,(H,31,34)/b19-18-. The summed E-state index contributed by atoms with van der Waals surface area (Å²) < 4.78 is 8.42. The fraction of sp³-hybridized carbons (Fsp3) is 0.267. The van der Waals surface area contributed by atoms with Crippen molar-refractivity contribution < 1.29 is 9.53 Å². The van der Waals surface area contributed by atoms with Gasteiger partial charge in [-0.05, 0) is 47.7 Å². The number of nitrogens with one attached hydrogen (secondary N) is 1. The highest BCUT2D eigenvalue weighted by Crippen LogP contribution is 2.26. The normalized spacial score (nSPS) is 11.4. The lowest BCUT2D eigenvalue weighted by Gasteiger charge is -2.15. The summed E-state index contributed by atoms with van der Waals surface area (Å²) in [4.78, 5) is 17.0. The second-order valence-corrected chi connectivity index (χ2v) is 8.85. The number of nitrogens with zero attached hydrogens (tertiary/aromatic N) is 2. The van der Waals surface area contributed by atoms with E-state index in [0.717, 1.165) is 41.0 Å². The number of amides is 1. The lowest BCUT2D eigenvalue weighted by molar-refractivity contribution is -0.116. The average Bonchev–Trinajstić information content (AvgIpc) is 3.23. The zero-order chi connectivity index (χ0) is 24.5. The van der Waals surface area contributed by atoms with Gasteiger partial charge < -0.3 is 14.6 Å². The Morgan fingerprint density at radius 2 is 1.74 bits per heavy atom. The van der Waals surface area contributed by atoms with Crippen molar-refractivity contribution in [2.75, 3.05) is 13.2 Å². The molecule has 0 aliphatic rings. The van der Waals surface area contributed by atoms with Crippen LogP contribution in [0.3, 0.4) is 0 Å². The van der Waals surface area contributed by atoms with Crippen molar-refractivity contribution in [2.24, 2.45) is 0 Å². The quantitative estimate of drug-likeness (QED) is 0.217. The highest BCUT2D eigenvalue weighted by molar-refractivity contribution is 5.91. The molecular formula is C30H33N3O2. The molecule has 0 radical (unpaired) electrons. The van der Waals surface area contributed by atoms with E-state index >= 15 is 0 Å². The molecule has 1 aromatic heterocycles. The Bertz CT molecular complexity index is 1280. The Labute approximate surface area is 207 Å². The molecule has 1 N–H and O–H groups in total. The molecule has 0 bridgehead atoms. The molecule has 1 amide bonds. The van der Waals surface area contributed by atoms with Crippen molar-refractivity contribution in [3.05, 3.63) is 102 Å². The Morgan fingerprint density at radius 1 is 1.00 bits per heavy atom. The molecule has 5 nitrogen and oxygen atoms in total. The Morgan fingerprint density at radius 3 is 2.57 bits per heavy atom. The third kappa shape index (κ3) is 6.60. The predicted molar refractivity (Wildman–Crippen MR) is 143 cm³/mol. The number of aryl methyl sites for hydroxylation is 1. The van der Waals surface area contributed by atoms with Gasteiger partial charge in [-0.15, -0.1) is 0 Å². The van der Waals surface area contributed by atoms with Crippen molar-refractivity contribution in [1.82, 2.24) is 14.9 Å². The molecule has 0 saturated carbocycles. The van der Waals surface area contributed by atoms with E-state index in [1.807, 2.05) is 66.7 Å². The Kier molecular flexibility index (Phi) is 8.34. The van der Waals surface area contributed by atoms with Crippen molar-refractivity contribution in [3.63, 3.8) is 0 Å². The minimum Gasteiger partial charge on any atom is -0.491 e. The first-order chi connectivity index (χ1) is 17.1. The van der Waals surface area contributed by atoms with Crippen LogP contribution in [0.5, 0.6) is 5.75 Å². The van der Waals surface area contributed by atoms with Crippen molar-refractivity contribution >= 4 is 23.0 Å². The summed E-state index contributed by atoms with van der Waals surface area (Å²) in [5.41, 5.74) is 4.33. The molecule has 4 rings (SSSR count). The molecule has 0 spiro atoms. The number of benzene rings is 3. The van der Waals surface area contributed by atoms with E-state index < -0.39 is 0 Å². The number of carbonyl (C=O) groups is 1. The van der Waals surface area contributed by atoms with Crippen molar-refractivity contribution in [2.45, 2.75) is 39.2 Å². The lowest BCUT2D eigenvalue weighted by Crippen LogP contribution is -2.23. The highest BCUT2D eigenvalue weighted by atomic mass is 16.5. The zero-order valence-electron chi connectivity index (χ0n) is 20.5. The monoisotopic (exact) mass is 467 g/mol. The second-order valence-electron chi connectivity index (χ2n) is 8.85. The third-order valence-electron chi connectivity index (χ3n) is 5.95. The number of rotatable bonds is 11. The van der Waals surface area contributed by atoms with Crippen LogP contribution in [0.1, 0.15) is 43.1 Å². The maximum atomic E-state index is 12.2. The van der Waals surface area contributed by atoms with E-state index in [1.54, 1.807) is 6.08 Å². The van der Waals surface area contributed by atoms with Crippen LogP contribution >= 0.6 is 0 Å². The number of carbonyl (C=O) groups excluding carboxylic acids is 1. The van der Waals surface area contributed by atoms with Crippen LogP contribution in [-0.2, 0) is 17.8 Å². The summed E-state index contributed by atoms with van der Waals surface area (Å²) in [5.74, 6) is 2.29. The molecule has 0 atom stereocenters. The SMILES string of the molecule is CC(C)c1ccccc1OCCn1c(CCCNC(=O)/C=C\c2ccccc2)nc2ccccc21. The van der Waals surface area contributed by atoms with E-state index in [9.17, 15) is 4.79 Å². The largest absolute Gasteiger partial charge is 0.491 e. The number of ether oxygens (including phenoxy) is 1. The summed E-state index contributed by atoms with van der Waals surface area (Å²) in [7, 11) is 0. The van der Waals surface area contributed by atoms with Crippen LogP contribution in [0.15, 0.2) is 84.9 Å². The number of hydrogen-bond acceptors (Lipinski definition) is 3. The van der Waals surface area contributed by atoms with Gasteiger partial charge in [0.1, 0.15) is 18.2 Å². The molecule has 180 valence electrons. The summed E-state index contributed by atoms with van der Waals surface area (Å²) in [6, 6.07) is 26.2. The first-order valence-corrected chi connectivity index (χ1v) is 12.3. The summed E-state index contributed by atoms with van der Waals surface area (Å²) >= 11 is 0. The molecule has 4 aromatic rings. The molecule has 5 heteroatoms. The molecule has 1 heterocycles.